The van der Waals surface area contributed by atoms with Crippen molar-refractivity contribution in [3.05, 3.63) is 48.2 Å². The van der Waals surface area contributed by atoms with Crippen LogP contribution >= 0.6 is 0 Å². The summed E-state index contributed by atoms with van der Waals surface area (Å²) in [6, 6.07) is 11.4. The fourth-order valence-corrected chi connectivity index (χ4v) is 1.27. The lowest BCUT2D eigenvalue weighted by atomic mass is 10.1. The first-order valence-electron chi connectivity index (χ1n) is 4.14. The van der Waals surface area contributed by atoms with Crippen molar-refractivity contribution in [1.29, 1.82) is 0 Å². The van der Waals surface area contributed by atoms with E-state index in [9.17, 15) is 0 Å². The number of benzene rings is 1. The second-order valence-corrected chi connectivity index (χ2v) is 2.84. The quantitative estimate of drug-likeness (QED) is 0.758. The van der Waals surface area contributed by atoms with E-state index >= 15 is 0 Å². The summed E-state index contributed by atoms with van der Waals surface area (Å²) in [5.41, 5.74) is 1.89. The van der Waals surface area contributed by atoms with E-state index < -0.39 is 0 Å². The average Bonchev–Trinajstić information content (AvgIpc) is 2.71. The normalized spacial score (nSPS) is 10.2. The van der Waals surface area contributed by atoms with E-state index in [1.54, 1.807) is 6.26 Å². The molecule has 0 atom stereocenters. The Morgan fingerprint density at radius 2 is 2.08 bits per heavy atom. The Morgan fingerprint density at radius 3 is 2.77 bits per heavy atom. The summed E-state index contributed by atoms with van der Waals surface area (Å²) in [6.45, 7) is 0.0640. The average molecular weight is 174 g/mol. The highest BCUT2D eigenvalue weighted by Crippen LogP contribution is 2.20. The third-order valence-corrected chi connectivity index (χ3v) is 1.92. The number of furan rings is 1. The van der Waals surface area contributed by atoms with Crippen molar-refractivity contribution in [2.75, 3.05) is 0 Å². The number of rotatable bonds is 2. The van der Waals surface area contributed by atoms with Crippen molar-refractivity contribution >= 4 is 0 Å². The zero-order chi connectivity index (χ0) is 9.10. The van der Waals surface area contributed by atoms with E-state index in [1.165, 1.54) is 0 Å². The fraction of sp³-hybridized carbons (Fsp3) is 0.0909. The number of aliphatic hydroxyl groups excluding tert-OH is 1. The van der Waals surface area contributed by atoms with Gasteiger partial charge in [0.05, 0.1) is 12.9 Å². The third-order valence-electron chi connectivity index (χ3n) is 1.92. The molecule has 2 nitrogen and oxygen atoms in total. The van der Waals surface area contributed by atoms with E-state index in [0.29, 0.717) is 0 Å². The summed E-state index contributed by atoms with van der Waals surface area (Å²) < 4.78 is 5.24. The van der Waals surface area contributed by atoms with Gasteiger partial charge in [0.15, 0.2) is 0 Å². The van der Waals surface area contributed by atoms with Crippen LogP contribution in [0.15, 0.2) is 47.1 Å². The molecule has 0 unspecified atom stereocenters. The van der Waals surface area contributed by atoms with E-state index in [4.69, 9.17) is 9.52 Å². The van der Waals surface area contributed by atoms with Gasteiger partial charge in [-0.05, 0) is 23.8 Å². The molecule has 0 amide bonds. The molecular weight excluding hydrogens is 164 g/mol. The Balaban J connectivity index is 2.41. The largest absolute Gasteiger partial charge is 0.464 e. The molecule has 13 heavy (non-hydrogen) atoms. The molecule has 1 aromatic heterocycles. The highest BCUT2D eigenvalue weighted by molar-refractivity contribution is 5.57. The van der Waals surface area contributed by atoms with Crippen LogP contribution in [-0.2, 0) is 6.61 Å². The SMILES string of the molecule is OCc1cccc(-c2ccco2)c1. The van der Waals surface area contributed by atoms with Gasteiger partial charge < -0.3 is 9.52 Å². The first-order valence-corrected chi connectivity index (χ1v) is 4.14. The minimum absolute atomic E-state index is 0.0640. The van der Waals surface area contributed by atoms with Crippen molar-refractivity contribution in [2.45, 2.75) is 6.61 Å². The van der Waals surface area contributed by atoms with Crippen LogP contribution in [0, 0.1) is 0 Å². The Bertz CT molecular complexity index is 377. The molecule has 0 aliphatic carbocycles. The molecule has 1 N–H and O–H groups in total. The molecule has 1 aromatic carbocycles. The Morgan fingerprint density at radius 1 is 1.15 bits per heavy atom. The van der Waals surface area contributed by atoms with Crippen LogP contribution in [0.5, 0.6) is 0 Å². The molecule has 2 rings (SSSR count). The fourth-order valence-electron chi connectivity index (χ4n) is 1.27. The molecule has 0 fully saturated rings. The molecule has 0 aliphatic rings. The van der Waals surface area contributed by atoms with Crippen LogP contribution in [0.1, 0.15) is 5.56 Å². The van der Waals surface area contributed by atoms with Gasteiger partial charge in [-0.15, -0.1) is 0 Å². The predicted octanol–water partition coefficient (Wildman–Crippen LogP) is 2.44. The van der Waals surface area contributed by atoms with Crippen LogP contribution in [0.4, 0.5) is 0 Å². The van der Waals surface area contributed by atoms with Crippen molar-refractivity contribution in [1.82, 2.24) is 0 Å². The molecule has 1 heterocycles. The summed E-state index contributed by atoms with van der Waals surface area (Å²) >= 11 is 0. The van der Waals surface area contributed by atoms with Crippen molar-refractivity contribution in [3.8, 4) is 11.3 Å². The molecule has 0 aliphatic heterocycles. The van der Waals surface area contributed by atoms with Crippen LogP contribution in [0.25, 0.3) is 11.3 Å². The Hall–Kier alpha value is -1.54. The maximum absolute atomic E-state index is 8.93. The highest BCUT2D eigenvalue weighted by Gasteiger charge is 2.00. The third kappa shape index (κ3) is 1.63. The van der Waals surface area contributed by atoms with Gasteiger partial charge in [0.25, 0.3) is 0 Å². The summed E-state index contributed by atoms with van der Waals surface area (Å²) in [5, 5.41) is 8.93. The standard InChI is InChI=1S/C11H10O2/c12-8-9-3-1-4-10(7-9)11-5-2-6-13-11/h1-7,12H,8H2. The monoisotopic (exact) mass is 174 g/mol. The van der Waals surface area contributed by atoms with Crippen LogP contribution in [0.2, 0.25) is 0 Å². The summed E-state index contributed by atoms with van der Waals surface area (Å²) in [7, 11) is 0. The molecule has 0 radical (unpaired) electrons. The molecule has 0 bridgehead atoms. The molecule has 0 saturated heterocycles. The van der Waals surface area contributed by atoms with Crippen LogP contribution in [0.3, 0.4) is 0 Å². The molecule has 0 spiro atoms. The lowest BCUT2D eigenvalue weighted by Crippen LogP contribution is -1.82. The molecular formula is C11H10O2. The van der Waals surface area contributed by atoms with Crippen LogP contribution in [-0.4, -0.2) is 5.11 Å². The van der Waals surface area contributed by atoms with E-state index in [-0.39, 0.29) is 6.61 Å². The smallest absolute Gasteiger partial charge is 0.133 e. The van der Waals surface area contributed by atoms with Gasteiger partial charge >= 0.3 is 0 Å². The molecule has 66 valence electrons. The maximum atomic E-state index is 8.93. The molecule has 2 heteroatoms. The summed E-state index contributed by atoms with van der Waals surface area (Å²) in [4.78, 5) is 0. The zero-order valence-corrected chi connectivity index (χ0v) is 7.10. The minimum atomic E-state index is 0.0640. The minimum Gasteiger partial charge on any atom is -0.464 e. The Labute approximate surface area is 76.4 Å². The number of aliphatic hydroxyl groups is 1. The van der Waals surface area contributed by atoms with Crippen LogP contribution < -0.4 is 0 Å². The van der Waals surface area contributed by atoms with Gasteiger partial charge in [-0.25, -0.2) is 0 Å². The van der Waals surface area contributed by atoms with E-state index in [0.717, 1.165) is 16.9 Å². The molecule has 0 saturated carbocycles. The van der Waals surface area contributed by atoms with Gasteiger partial charge in [0.1, 0.15) is 5.76 Å². The van der Waals surface area contributed by atoms with E-state index in [1.807, 2.05) is 36.4 Å². The van der Waals surface area contributed by atoms with Gasteiger partial charge in [0.2, 0.25) is 0 Å². The van der Waals surface area contributed by atoms with Gasteiger partial charge in [-0.3, -0.25) is 0 Å². The van der Waals surface area contributed by atoms with Crippen molar-refractivity contribution in [2.24, 2.45) is 0 Å². The molecule has 2 aromatic rings. The summed E-state index contributed by atoms with van der Waals surface area (Å²) in [5.74, 6) is 0.829. The lowest BCUT2D eigenvalue weighted by molar-refractivity contribution is 0.282. The Kier molecular flexibility index (Phi) is 2.15. The first kappa shape index (κ1) is 8.08. The zero-order valence-electron chi connectivity index (χ0n) is 7.10. The number of hydrogen-bond donors (Lipinski definition) is 1. The van der Waals surface area contributed by atoms with Gasteiger partial charge in [-0.2, -0.15) is 0 Å². The van der Waals surface area contributed by atoms with Crippen molar-refractivity contribution in [3.63, 3.8) is 0 Å². The topological polar surface area (TPSA) is 33.4 Å². The van der Waals surface area contributed by atoms with Crippen molar-refractivity contribution < 1.29 is 9.52 Å². The van der Waals surface area contributed by atoms with E-state index in [2.05, 4.69) is 0 Å². The van der Waals surface area contributed by atoms with Gasteiger partial charge in [0, 0.05) is 5.56 Å². The second kappa shape index (κ2) is 3.46. The first-order chi connectivity index (χ1) is 6.40. The second-order valence-electron chi connectivity index (χ2n) is 2.84. The maximum Gasteiger partial charge on any atom is 0.133 e. The number of hydrogen-bond acceptors (Lipinski definition) is 2. The summed E-state index contributed by atoms with van der Waals surface area (Å²) in [6.07, 6.45) is 1.64. The predicted molar refractivity (Wildman–Crippen MR) is 50.1 cm³/mol. The lowest BCUT2D eigenvalue weighted by Gasteiger charge is -1.99. The van der Waals surface area contributed by atoms with Gasteiger partial charge in [-0.1, -0.05) is 18.2 Å². The highest BCUT2D eigenvalue weighted by atomic mass is 16.3.